The molecule has 0 aromatic heterocycles. The summed E-state index contributed by atoms with van der Waals surface area (Å²) >= 11 is 0. The highest BCUT2D eigenvalue weighted by Crippen LogP contribution is 2.30. The smallest absolute Gasteiger partial charge is 0.160 e. The molecule has 0 saturated carbocycles. The maximum atomic E-state index is 10.2. The Hall–Kier alpha value is -1.18. The fourth-order valence-electron chi connectivity index (χ4n) is 2.35. The van der Waals surface area contributed by atoms with Gasteiger partial charge in [-0.1, -0.05) is 12.1 Å². The van der Waals surface area contributed by atoms with Gasteiger partial charge in [-0.05, 0) is 24.1 Å². The Balaban J connectivity index is 2.03. The van der Waals surface area contributed by atoms with Crippen LogP contribution in [0, 0.1) is 5.92 Å². The van der Waals surface area contributed by atoms with Gasteiger partial charge in [-0.2, -0.15) is 0 Å². The number of methoxy groups -OCH3 is 1. The second-order valence-electron chi connectivity index (χ2n) is 4.97. The predicted octanol–water partition coefficient (Wildman–Crippen LogP) is -0.195. The van der Waals surface area contributed by atoms with Crippen molar-refractivity contribution in [2.45, 2.75) is 31.0 Å². The molecule has 5 atom stereocenters. The van der Waals surface area contributed by atoms with Gasteiger partial charge in [0.1, 0.15) is 11.9 Å². The summed E-state index contributed by atoms with van der Waals surface area (Å²) in [7, 11) is 1.55. The zero-order valence-corrected chi connectivity index (χ0v) is 11.2. The summed E-state index contributed by atoms with van der Waals surface area (Å²) in [6, 6.07) is 6.86. The van der Waals surface area contributed by atoms with Gasteiger partial charge in [-0.25, -0.2) is 0 Å². The van der Waals surface area contributed by atoms with Crippen molar-refractivity contribution >= 4 is 0 Å². The van der Waals surface area contributed by atoms with Gasteiger partial charge < -0.3 is 29.9 Å². The van der Waals surface area contributed by atoms with Crippen molar-refractivity contribution in [3.63, 3.8) is 0 Å². The number of ether oxygens (including phenoxy) is 2. The van der Waals surface area contributed by atoms with Gasteiger partial charge in [0.2, 0.25) is 0 Å². The van der Waals surface area contributed by atoms with E-state index in [1.165, 1.54) is 0 Å². The molecule has 1 aromatic carbocycles. The van der Waals surface area contributed by atoms with Crippen LogP contribution in [-0.2, 0) is 4.74 Å². The van der Waals surface area contributed by atoms with E-state index in [0.29, 0.717) is 11.3 Å². The Morgan fingerprint density at radius 2 is 1.90 bits per heavy atom. The molecule has 1 heterocycles. The van der Waals surface area contributed by atoms with Crippen molar-refractivity contribution in [2.24, 2.45) is 5.92 Å². The topological polar surface area (TPSA) is 99.4 Å². The molecule has 20 heavy (non-hydrogen) atoms. The van der Waals surface area contributed by atoms with Gasteiger partial charge >= 0.3 is 0 Å². The standard InChI is InChI=1S/C14H20O6/c1-19-9-4-2-8(3-5-9)11(15)6-10-13(17)12(16)7-20-14(10)18/h2-5,10-18H,6-7H2,1H3/t10-,11?,12+,13-,14?/m1/s1. The molecule has 1 aromatic rings. The van der Waals surface area contributed by atoms with E-state index in [2.05, 4.69) is 0 Å². The van der Waals surface area contributed by atoms with Crippen LogP contribution in [0.3, 0.4) is 0 Å². The number of hydrogen-bond acceptors (Lipinski definition) is 6. The molecule has 0 radical (unpaired) electrons. The summed E-state index contributed by atoms with van der Waals surface area (Å²) < 4.78 is 9.99. The first-order valence-electron chi connectivity index (χ1n) is 6.50. The van der Waals surface area contributed by atoms with E-state index in [4.69, 9.17) is 9.47 Å². The number of aliphatic hydroxyl groups is 4. The van der Waals surface area contributed by atoms with E-state index in [-0.39, 0.29) is 13.0 Å². The highest BCUT2D eigenvalue weighted by Gasteiger charge is 2.38. The van der Waals surface area contributed by atoms with Gasteiger partial charge in [0.05, 0.1) is 25.9 Å². The lowest BCUT2D eigenvalue weighted by molar-refractivity contribution is -0.235. The fraction of sp³-hybridized carbons (Fsp3) is 0.571. The number of hydrogen-bond donors (Lipinski definition) is 4. The van der Waals surface area contributed by atoms with Gasteiger partial charge in [0.15, 0.2) is 6.29 Å². The van der Waals surface area contributed by atoms with Crippen LogP contribution < -0.4 is 4.74 Å². The van der Waals surface area contributed by atoms with E-state index in [1.807, 2.05) is 0 Å². The van der Waals surface area contributed by atoms with Crippen molar-refractivity contribution < 1.29 is 29.9 Å². The molecule has 0 aliphatic carbocycles. The summed E-state index contributed by atoms with van der Waals surface area (Å²) in [5, 5.41) is 39.3. The number of rotatable bonds is 4. The first-order chi connectivity index (χ1) is 9.52. The quantitative estimate of drug-likeness (QED) is 0.611. The molecular weight excluding hydrogens is 264 g/mol. The van der Waals surface area contributed by atoms with Crippen molar-refractivity contribution in [3.05, 3.63) is 29.8 Å². The first kappa shape index (κ1) is 15.2. The lowest BCUT2D eigenvalue weighted by Gasteiger charge is -2.36. The minimum atomic E-state index is -1.19. The van der Waals surface area contributed by atoms with Gasteiger partial charge in [0, 0.05) is 5.92 Å². The molecule has 2 rings (SSSR count). The zero-order chi connectivity index (χ0) is 14.7. The van der Waals surface area contributed by atoms with Crippen LogP contribution in [0.2, 0.25) is 0 Å². The number of benzene rings is 1. The van der Waals surface area contributed by atoms with E-state index in [9.17, 15) is 20.4 Å². The summed E-state index contributed by atoms with van der Waals surface area (Å²) in [5.41, 5.74) is 0.644. The maximum Gasteiger partial charge on any atom is 0.160 e. The highest BCUT2D eigenvalue weighted by atomic mass is 16.6. The molecule has 0 bridgehead atoms. The van der Waals surface area contributed by atoms with Crippen LogP contribution in [0.5, 0.6) is 5.75 Å². The Bertz CT molecular complexity index is 420. The molecule has 0 spiro atoms. The Kier molecular flexibility index (Phi) is 4.95. The monoisotopic (exact) mass is 284 g/mol. The van der Waals surface area contributed by atoms with Gasteiger partial charge in [-0.3, -0.25) is 0 Å². The van der Waals surface area contributed by atoms with Crippen LogP contribution >= 0.6 is 0 Å². The average Bonchev–Trinajstić information content (AvgIpc) is 2.47. The lowest BCUT2D eigenvalue weighted by Crippen LogP contribution is -2.49. The first-order valence-corrected chi connectivity index (χ1v) is 6.50. The molecule has 4 N–H and O–H groups in total. The normalized spacial score (nSPS) is 31.9. The van der Waals surface area contributed by atoms with Crippen LogP contribution in [-0.4, -0.2) is 52.6 Å². The Morgan fingerprint density at radius 3 is 2.50 bits per heavy atom. The highest BCUT2D eigenvalue weighted by molar-refractivity contribution is 5.28. The predicted molar refractivity (Wildman–Crippen MR) is 70.0 cm³/mol. The van der Waals surface area contributed by atoms with Crippen LogP contribution in [0.4, 0.5) is 0 Å². The SMILES string of the molecule is COc1ccc(C(O)C[C@H]2C(O)OC[C@H](O)[C@@H]2O)cc1. The minimum Gasteiger partial charge on any atom is -0.497 e. The summed E-state index contributed by atoms with van der Waals surface area (Å²) in [5.74, 6) is -0.0618. The number of aliphatic hydroxyl groups excluding tert-OH is 4. The summed E-state index contributed by atoms with van der Waals surface area (Å²) in [6.45, 7) is -0.114. The second kappa shape index (κ2) is 6.51. The third-order valence-corrected chi connectivity index (χ3v) is 3.63. The molecule has 112 valence electrons. The van der Waals surface area contributed by atoms with Crippen molar-refractivity contribution in [2.75, 3.05) is 13.7 Å². The largest absolute Gasteiger partial charge is 0.497 e. The molecule has 2 unspecified atom stereocenters. The van der Waals surface area contributed by atoms with Crippen LogP contribution in [0.25, 0.3) is 0 Å². The van der Waals surface area contributed by atoms with Crippen molar-refractivity contribution in [1.82, 2.24) is 0 Å². The molecular formula is C14H20O6. The van der Waals surface area contributed by atoms with Gasteiger partial charge in [-0.15, -0.1) is 0 Å². The maximum absolute atomic E-state index is 10.2. The molecule has 6 nitrogen and oxygen atoms in total. The average molecular weight is 284 g/mol. The lowest BCUT2D eigenvalue weighted by atomic mass is 9.87. The molecule has 0 amide bonds. The molecule has 1 aliphatic rings. The van der Waals surface area contributed by atoms with E-state index in [1.54, 1.807) is 31.4 Å². The van der Waals surface area contributed by atoms with E-state index < -0.39 is 30.5 Å². The van der Waals surface area contributed by atoms with E-state index in [0.717, 1.165) is 0 Å². The fourth-order valence-corrected chi connectivity index (χ4v) is 2.35. The minimum absolute atomic E-state index is 0.0890. The summed E-state index contributed by atoms with van der Waals surface area (Å²) in [4.78, 5) is 0. The van der Waals surface area contributed by atoms with Crippen molar-refractivity contribution in [3.8, 4) is 5.75 Å². The van der Waals surface area contributed by atoms with Crippen molar-refractivity contribution in [1.29, 1.82) is 0 Å². The third kappa shape index (κ3) is 3.28. The Labute approximate surface area is 117 Å². The second-order valence-corrected chi connectivity index (χ2v) is 4.97. The van der Waals surface area contributed by atoms with Crippen LogP contribution in [0.15, 0.2) is 24.3 Å². The van der Waals surface area contributed by atoms with Gasteiger partial charge in [0.25, 0.3) is 0 Å². The van der Waals surface area contributed by atoms with E-state index >= 15 is 0 Å². The molecule has 1 aliphatic heterocycles. The molecule has 1 saturated heterocycles. The Morgan fingerprint density at radius 1 is 1.25 bits per heavy atom. The zero-order valence-electron chi connectivity index (χ0n) is 11.2. The molecule has 1 fully saturated rings. The van der Waals surface area contributed by atoms with Crippen LogP contribution in [0.1, 0.15) is 18.1 Å². The summed E-state index contributed by atoms with van der Waals surface area (Å²) in [6.07, 6.45) is -4.14. The molecule has 6 heteroatoms. The third-order valence-electron chi connectivity index (χ3n) is 3.63.